The molecule has 1 aromatic carbocycles. The molecule has 0 aliphatic rings. The molecule has 0 saturated carbocycles. The summed E-state index contributed by atoms with van der Waals surface area (Å²) >= 11 is 0. The van der Waals surface area contributed by atoms with Crippen LogP contribution in [-0.4, -0.2) is 30.3 Å². The van der Waals surface area contributed by atoms with Gasteiger partial charge in [-0.15, -0.1) is 0 Å². The first kappa shape index (κ1) is 16.5. The number of ether oxygens (including phenoxy) is 1. The summed E-state index contributed by atoms with van der Waals surface area (Å²) in [5.74, 6) is 1.13. The molecule has 0 fully saturated rings. The van der Waals surface area contributed by atoms with Crippen LogP contribution < -0.4 is 10.1 Å². The molecule has 4 heteroatoms. The Morgan fingerprint density at radius 2 is 2.00 bits per heavy atom. The highest BCUT2D eigenvalue weighted by atomic mass is 16.5. The van der Waals surface area contributed by atoms with Crippen LogP contribution in [0.25, 0.3) is 0 Å². The summed E-state index contributed by atoms with van der Waals surface area (Å²) < 4.78 is 5.61. The first-order chi connectivity index (χ1) is 9.43. The minimum atomic E-state index is -0.234. The Balaban J connectivity index is 2.70. The lowest BCUT2D eigenvalue weighted by Gasteiger charge is -2.20. The van der Waals surface area contributed by atoms with Gasteiger partial charge in [-0.2, -0.15) is 0 Å². The summed E-state index contributed by atoms with van der Waals surface area (Å²) in [4.78, 5) is 12.1. The van der Waals surface area contributed by atoms with Gasteiger partial charge in [0.1, 0.15) is 5.75 Å². The molecule has 0 bridgehead atoms. The van der Waals surface area contributed by atoms with Crippen molar-refractivity contribution in [3.05, 3.63) is 29.8 Å². The molecular formula is C16H25NO3. The van der Waals surface area contributed by atoms with Gasteiger partial charge in [-0.05, 0) is 30.0 Å². The van der Waals surface area contributed by atoms with Crippen LogP contribution in [0, 0.1) is 11.8 Å². The lowest BCUT2D eigenvalue weighted by atomic mass is 10.0. The monoisotopic (exact) mass is 279 g/mol. The molecule has 0 aliphatic heterocycles. The fraction of sp³-hybridized carbons (Fsp3) is 0.562. The molecule has 0 radical (unpaired) electrons. The largest absolute Gasteiger partial charge is 0.493 e. The molecule has 0 aliphatic carbocycles. The van der Waals surface area contributed by atoms with Crippen molar-refractivity contribution in [1.82, 2.24) is 5.32 Å². The van der Waals surface area contributed by atoms with Crippen LogP contribution in [-0.2, 0) is 0 Å². The molecule has 0 unspecified atom stereocenters. The van der Waals surface area contributed by atoms with E-state index in [9.17, 15) is 9.90 Å². The topological polar surface area (TPSA) is 58.6 Å². The van der Waals surface area contributed by atoms with E-state index in [0.717, 1.165) is 0 Å². The highest BCUT2D eigenvalue weighted by molar-refractivity contribution is 5.94. The van der Waals surface area contributed by atoms with E-state index in [4.69, 9.17) is 4.74 Å². The third-order valence-corrected chi connectivity index (χ3v) is 3.00. The van der Waals surface area contributed by atoms with Crippen LogP contribution in [0.15, 0.2) is 24.3 Å². The Hall–Kier alpha value is -1.55. The van der Waals surface area contributed by atoms with Crippen molar-refractivity contribution in [2.75, 3.05) is 13.2 Å². The summed E-state index contributed by atoms with van der Waals surface area (Å²) in [6.07, 6.45) is 0. The average Bonchev–Trinajstić information content (AvgIpc) is 2.42. The summed E-state index contributed by atoms with van der Waals surface area (Å²) in [5, 5.41) is 12.1. The molecule has 4 nitrogen and oxygen atoms in total. The minimum absolute atomic E-state index is 0.0626. The van der Waals surface area contributed by atoms with Crippen molar-refractivity contribution in [3.63, 3.8) is 0 Å². The maximum Gasteiger partial charge on any atom is 0.251 e. The van der Waals surface area contributed by atoms with Gasteiger partial charge in [0, 0.05) is 5.56 Å². The number of hydrogen-bond donors (Lipinski definition) is 2. The van der Waals surface area contributed by atoms with Gasteiger partial charge in [-0.25, -0.2) is 0 Å². The van der Waals surface area contributed by atoms with Crippen LogP contribution in [0.4, 0.5) is 0 Å². The molecule has 0 saturated heterocycles. The Bertz CT molecular complexity index is 429. The average molecular weight is 279 g/mol. The van der Waals surface area contributed by atoms with E-state index in [-0.39, 0.29) is 24.5 Å². The zero-order valence-electron chi connectivity index (χ0n) is 12.7. The van der Waals surface area contributed by atoms with Crippen molar-refractivity contribution in [3.8, 4) is 5.75 Å². The number of aliphatic hydroxyl groups excluding tert-OH is 1. The number of carbonyl (C=O) groups is 1. The molecule has 2 N–H and O–H groups in total. The predicted octanol–water partition coefficient (Wildman–Crippen LogP) is 2.47. The molecular weight excluding hydrogens is 254 g/mol. The lowest BCUT2D eigenvalue weighted by Crippen LogP contribution is -2.41. The second-order valence-electron chi connectivity index (χ2n) is 5.74. The first-order valence-corrected chi connectivity index (χ1v) is 7.08. The fourth-order valence-electron chi connectivity index (χ4n) is 1.66. The molecule has 1 amide bonds. The second-order valence-corrected chi connectivity index (χ2v) is 5.74. The van der Waals surface area contributed by atoms with Crippen LogP contribution in [0.5, 0.6) is 5.75 Å². The standard InChI is InChI=1S/C16H25NO3/c1-11(2)10-20-14-7-5-6-13(8-14)16(19)17-15(9-18)12(3)4/h5-8,11-12,15,18H,9-10H2,1-4H3,(H,17,19)/t15-/m1/s1. The summed E-state index contributed by atoms with van der Waals surface area (Å²) in [5.41, 5.74) is 0.547. The molecule has 1 aromatic rings. The van der Waals surface area contributed by atoms with Crippen molar-refractivity contribution in [1.29, 1.82) is 0 Å². The zero-order chi connectivity index (χ0) is 15.1. The number of amides is 1. The van der Waals surface area contributed by atoms with Crippen molar-refractivity contribution in [2.45, 2.75) is 33.7 Å². The van der Waals surface area contributed by atoms with Gasteiger partial charge in [0.05, 0.1) is 19.3 Å². The van der Waals surface area contributed by atoms with E-state index in [1.165, 1.54) is 0 Å². The van der Waals surface area contributed by atoms with Gasteiger partial charge in [-0.1, -0.05) is 33.8 Å². The Morgan fingerprint density at radius 1 is 1.30 bits per heavy atom. The highest BCUT2D eigenvalue weighted by Gasteiger charge is 2.16. The van der Waals surface area contributed by atoms with Crippen LogP contribution >= 0.6 is 0 Å². The Morgan fingerprint density at radius 3 is 2.55 bits per heavy atom. The quantitative estimate of drug-likeness (QED) is 0.806. The molecule has 0 heterocycles. The van der Waals surface area contributed by atoms with Gasteiger partial charge >= 0.3 is 0 Å². The van der Waals surface area contributed by atoms with Gasteiger partial charge in [-0.3, -0.25) is 4.79 Å². The van der Waals surface area contributed by atoms with E-state index in [1.54, 1.807) is 18.2 Å². The molecule has 0 aromatic heterocycles. The van der Waals surface area contributed by atoms with E-state index in [2.05, 4.69) is 19.2 Å². The van der Waals surface area contributed by atoms with Gasteiger partial charge in [0.15, 0.2) is 0 Å². The molecule has 1 atom stereocenters. The smallest absolute Gasteiger partial charge is 0.251 e. The Kier molecular flexibility index (Phi) is 6.52. The van der Waals surface area contributed by atoms with E-state index < -0.39 is 0 Å². The summed E-state index contributed by atoms with van der Waals surface area (Å²) in [6, 6.07) is 6.88. The normalized spacial score (nSPS) is 12.6. The van der Waals surface area contributed by atoms with Gasteiger partial charge < -0.3 is 15.2 Å². The third-order valence-electron chi connectivity index (χ3n) is 3.00. The number of hydrogen-bond acceptors (Lipinski definition) is 3. The van der Waals surface area contributed by atoms with E-state index in [1.807, 2.05) is 19.9 Å². The second kappa shape index (κ2) is 7.90. The first-order valence-electron chi connectivity index (χ1n) is 7.08. The number of benzene rings is 1. The summed E-state index contributed by atoms with van der Waals surface area (Å²) in [7, 11) is 0. The lowest BCUT2D eigenvalue weighted by molar-refractivity contribution is 0.0896. The molecule has 112 valence electrons. The number of carbonyl (C=O) groups excluding carboxylic acids is 1. The zero-order valence-corrected chi connectivity index (χ0v) is 12.7. The van der Waals surface area contributed by atoms with Crippen LogP contribution in [0.1, 0.15) is 38.1 Å². The molecule has 0 spiro atoms. The summed E-state index contributed by atoms with van der Waals surface area (Å²) in [6.45, 7) is 8.63. The maximum absolute atomic E-state index is 12.1. The highest BCUT2D eigenvalue weighted by Crippen LogP contribution is 2.15. The van der Waals surface area contributed by atoms with Crippen molar-refractivity contribution >= 4 is 5.91 Å². The van der Waals surface area contributed by atoms with E-state index >= 15 is 0 Å². The number of nitrogens with one attached hydrogen (secondary N) is 1. The van der Waals surface area contributed by atoms with Crippen LogP contribution in [0.3, 0.4) is 0 Å². The maximum atomic E-state index is 12.1. The number of aliphatic hydroxyl groups is 1. The molecule has 1 rings (SSSR count). The number of rotatable bonds is 7. The van der Waals surface area contributed by atoms with Gasteiger partial charge in [0.2, 0.25) is 0 Å². The van der Waals surface area contributed by atoms with Gasteiger partial charge in [0.25, 0.3) is 5.91 Å². The SMILES string of the molecule is CC(C)COc1cccc(C(=O)N[C@H](CO)C(C)C)c1. The fourth-order valence-corrected chi connectivity index (χ4v) is 1.66. The van der Waals surface area contributed by atoms with Crippen LogP contribution in [0.2, 0.25) is 0 Å². The Labute approximate surface area is 121 Å². The minimum Gasteiger partial charge on any atom is -0.493 e. The van der Waals surface area contributed by atoms with Crippen molar-refractivity contribution in [2.24, 2.45) is 11.8 Å². The third kappa shape index (κ3) is 5.21. The predicted molar refractivity (Wildman–Crippen MR) is 80.0 cm³/mol. The molecule has 20 heavy (non-hydrogen) atoms. The van der Waals surface area contributed by atoms with E-state index in [0.29, 0.717) is 23.8 Å². The van der Waals surface area contributed by atoms with Crippen molar-refractivity contribution < 1.29 is 14.6 Å².